The van der Waals surface area contributed by atoms with Crippen molar-refractivity contribution in [2.24, 2.45) is 0 Å². The van der Waals surface area contributed by atoms with E-state index in [-0.39, 0.29) is 6.61 Å². The third kappa shape index (κ3) is 19.2. The van der Waals surface area contributed by atoms with Gasteiger partial charge in [-0.05, 0) is 57.1 Å². The maximum absolute atomic E-state index is 9.30. The predicted octanol–water partition coefficient (Wildman–Crippen LogP) is 7.02. The minimum absolute atomic E-state index is 0.284. The summed E-state index contributed by atoms with van der Waals surface area (Å²) in [5, 5.41) is 9.67. The summed E-state index contributed by atoms with van der Waals surface area (Å²) >= 11 is 1.88. The average Bonchev–Trinajstić information content (AvgIpc) is 2.63. The maximum atomic E-state index is 9.30. The maximum Gasteiger partial charge on any atom is 0.0553 e. The van der Waals surface area contributed by atoms with Gasteiger partial charge in [-0.1, -0.05) is 74.6 Å². The summed E-state index contributed by atoms with van der Waals surface area (Å²) in [5.41, 5.74) is 0. The number of allylic oxidation sites excluding steroid dienone is 10. The second-order valence-corrected chi connectivity index (χ2v) is 7.37. The lowest BCUT2D eigenvalue weighted by Crippen LogP contribution is -2.07. The van der Waals surface area contributed by atoms with E-state index in [1.165, 1.54) is 6.42 Å². The van der Waals surface area contributed by atoms with Gasteiger partial charge in [-0.2, -0.15) is 11.8 Å². The smallest absolute Gasteiger partial charge is 0.0553 e. The lowest BCUT2D eigenvalue weighted by molar-refractivity contribution is 0.295. The first-order valence-corrected chi connectivity index (χ1v) is 10.9. The Kier molecular flexibility index (Phi) is 20.2. The highest BCUT2D eigenvalue weighted by Crippen LogP contribution is 2.15. The predicted molar refractivity (Wildman–Crippen MR) is 117 cm³/mol. The number of hydrogen-bond acceptors (Lipinski definition) is 2. The van der Waals surface area contributed by atoms with Gasteiger partial charge >= 0.3 is 0 Å². The number of thioether (sulfide) groups is 1. The molecule has 0 aromatic heterocycles. The van der Waals surface area contributed by atoms with Crippen LogP contribution in [0.3, 0.4) is 0 Å². The van der Waals surface area contributed by atoms with E-state index < -0.39 is 0 Å². The van der Waals surface area contributed by atoms with E-state index in [1.54, 1.807) is 0 Å². The largest absolute Gasteiger partial charge is 0.395 e. The summed E-state index contributed by atoms with van der Waals surface area (Å²) in [5.74, 6) is 1.14. The standard InChI is InChI=1S/C23H38OS/c1-3-5-6-7-8-9-10-11-12-13-14-15-16-17-18-19-20-23(22-24)25-21-4-2/h5-6,8-9,11-12,14-15,18-19,23-24H,3-4,7,10,13,16-17,20-22H2,1-2H3/b6-5-,9-8-,12-11-,15-14-,19-18+. The van der Waals surface area contributed by atoms with Gasteiger partial charge in [-0.3, -0.25) is 0 Å². The fraction of sp³-hybridized carbons (Fsp3) is 0.565. The van der Waals surface area contributed by atoms with E-state index in [4.69, 9.17) is 0 Å². The first-order valence-electron chi connectivity index (χ1n) is 9.82. The third-order valence-electron chi connectivity index (χ3n) is 3.55. The Labute approximate surface area is 160 Å². The fourth-order valence-electron chi connectivity index (χ4n) is 2.14. The minimum Gasteiger partial charge on any atom is -0.395 e. The molecule has 0 saturated carbocycles. The Morgan fingerprint density at radius 2 is 1.24 bits per heavy atom. The quantitative estimate of drug-likeness (QED) is 0.235. The van der Waals surface area contributed by atoms with Crippen LogP contribution >= 0.6 is 11.8 Å². The van der Waals surface area contributed by atoms with Crippen LogP contribution in [0, 0.1) is 0 Å². The van der Waals surface area contributed by atoms with E-state index >= 15 is 0 Å². The van der Waals surface area contributed by atoms with E-state index in [2.05, 4.69) is 74.6 Å². The molecule has 0 aromatic carbocycles. The Balaban J connectivity index is 3.57. The second kappa shape index (κ2) is 21.1. The summed E-state index contributed by atoms with van der Waals surface area (Å²) in [6.45, 7) is 4.63. The van der Waals surface area contributed by atoms with Gasteiger partial charge in [0.2, 0.25) is 0 Å². The van der Waals surface area contributed by atoms with Crippen LogP contribution in [0.5, 0.6) is 0 Å². The average molecular weight is 363 g/mol. The van der Waals surface area contributed by atoms with Gasteiger partial charge in [0.15, 0.2) is 0 Å². The van der Waals surface area contributed by atoms with Crippen LogP contribution in [0.25, 0.3) is 0 Å². The van der Waals surface area contributed by atoms with Crippen LogP contribution in [0.2, 0.25) is 0 Å². The molecule has 1 atom stereocenters. The van der Waals surface area contributed by atoms with E-state index in [0.29, 0.717) is 5.25 Å². The van der Waals surface area contributed by atoms with Crippen molar-refractivity contribution in [2.45, 2.75) is 70.5 Å². The molecule has 0 heterocycles. The van der Waals surface area contributed by atoms with Crippen molar-refractivity contribution >= 4 is 11.8 Å². The molecular formula is C23H38OS. The monoisotopic (exact) mass is 362 g/mol. The van der Waals surface area contributed by atoms with Crippen LogP contribution in [-0.2, 0) is 0 Å². The minimum atomic E-state index is 0.284. The van der Waals surface area contributed by atoms with Gasteiger partial charge < -0.3 is 5.11 Å². The van der Waals surface area contributed by atoms with Gasteiger partial charge in [0.05, 0.1) is 6.61 Å². The molecule has 0 saturated heterocycles. The van der Waals surface area contributed by atoms with Crippen molar-refractivity contribution in [2.75, 3.05) is 12.4 Å². The Morgan fingerprint density at radius 3 is 1.76 bits per heavy atom. The molecule has 0 aliphatic rings. The number of unbranched alkanes of at least 4 members (excludes halogenated alkanes) is 1. The first kappa shape index (κ1) is 24.0. The summed E-state index contributed by atoms with van der Waals surface area (Å²) in [4.78, 5) is 0. The Bertz CT molecular complexity index is 404. The normalized spacial score (nSPS) is 14.2. The Morgan fingerprint density at radius 1 is 0.720 bits per heavy atom. The highest BCUT2D eigenvalue weighted by Gasteiger charge is 2.03. The zero-order valence-electron chi connectivity index (χ0n) is 16.3. The number of aliphatic hydroxyl groups is 1. The SMILES string of the molecule is CC/C=C\C/C=C\C/C=C\C/C=C\CC/C=C/CC(CO)SCCC. The van der Waals surface area contributed by atoms with Gasteiger partial charge in [0.25, 0.3) is 0 Å². The highest BCUT2D eigenvalue weighted by atomic mass is 32.2. The summed E-state index contributed by atoms with van der Waals surface area (Å²) in [6, 6.07) is 0. The van der Waals surface area contributed by atoms with E-state index in [9.17, 15) is 5.11 Å². The van der Waals surface area contributed by atoms with Crippen LogP contribution in [-0.4, -0.2) is 22.7 Å². The van der Waals surface area contributed by atoms with Crippen molar-refractivity contribution in [1.29, 1.82) is 0 Å². The highest BCUT2D eigenvalue weighted by molar-refractivity contribution is 7.99. The van der Waals surface area contributed by atoms with Gasteiger partial charge in [0, 0.05) is 5.25 Å². The van der Waals surface area contributed by atoms with E-state index in [0.717, 1.165) is 50.7 Å². The first-order chi connectivity index (χ1) is 12.3. The number of hydrogen-bond donors (Lipinski definition) is 1. The van der Waals surface area contributed by atoms with Crippen molar-refractivity contribution in [1.82, 2.24) is 0 Å². The lowest BCUT2D eigenvalue weighted by Gasteiger charge is -2.09. The molecule has 1 N–H and O–H groups in total. The fourth-order valence-corrected chi connectivity index (χ4v) is 3.06. The van der Waals surface area contributed by atoms with Gasteiger partial charge in [-0.25, -0.2) is 0 Å². The molecule has 0 rings (SSSR count). The summed E-state index contributed by atoms with van der Waals surface area (Å²) in [7, 11) is 0. The molecule has 1 nitrogen and oxygen atoms in total. The summed E-state index contributed by atoms with van der Waals surface area (Å²) < 4.78 is 0. The molecule has 0 radical (unpaired) electrons. The molecule has 25 heavy (non-hydrogen) atoms. The molecule has 2 heteroatoms. The molecule has 0 bridgehead atoms. The second-order valence-electron chi connectivity index (χ2n) is 5.96. The van der Waals surface area contributed by atoms with Crippen molar-refractivity contribution in [3.63, 3.8) is 0 Å². The molecule has 0 fully saturated rings. The topological polar surface area (TPSA) is 20.2 Å². The molecular weight excluding hydrogens is 324 g/mol. The third-order valence-corrected chi connectivity index (χ3v) is 5.00. The van der Waals surface area contributed by atoms with Crippen LogP contribution in [0.15, 0.2) is 60.8 Å². The number of aliphatic hydroxyl groups excluding tert-OH is 1. The molecule has 0 aliphatic heterocycles. The van der Waals surface area contributed by atoms with Crippen molar-refractivity contribution < 1.29 is 5.11 Å². The van der Waals surface area contributed by atoms with Crippen molar-refractivity contribution in [3.05, 3.63) is 60.8 Å². The molecule has 0 aromatic rings. The molecule has 0 amide bonds. The molecule has 0 aliphatic carbocycles. The van der Waals surface area contributed by atoms with Crippen LogP contribution in [0.4, 0.5) is 0 Å². The number of rotatable bonds is 16. The van der Waals surface area contributed by atoms with Crippen LogP contribution < -0.4 is 0 Å². The van der Waals surface area contributed by atoms with Crippen molar-refractivity contribution in [3.8, 4) is 0 Å². The zero-order chi connectivity index (χ0) is 18.4. The van der Waals surface area contributed by atoms with Gasteiger partial charge in [-0.15, -0.1) is 0 Å². The summed E-state index contributed by atoms with van der Waals surface area (Å²) in [6.07, 6.45) is 30.9. The lowest BCUT2D eigenvalue weighted by atomic mass is 10.2. The molecule has 0 spiro atoms. The molecule has 1 unspecified atom stereocenters. The Hall–Kier alpha value is -0.990. The van der Waals surface area contributed by atoms with Gasteiger partial charge in [0.1, 0.15) is 0 Å². The van der Waals surface area contributed by atoms with E-state index in [1.807, 2.05) is 11.8 Å². The van der Waals surface area contributed by atoms with Crippen LogP contribution in [0.1, 0.15) is 65.2 Å². The molecule has 142 valence electrons. The zero-order valence-corrected chi connectivity index (χ0v) is 17.1.